The zero-order valence-corrected chi connectivity index (χ0v) is 21.1. The van der Waals surface area contributed by atoms with E-state index >= 15 is 0 Å². The van der Waals surface area contributed by atoms with Crippen molar-refractivity contribution in [2.45, 2.75) is 13.1 Å². The Labute approximate surface area is 221 Å². The topological polar surface area (TPSA) is 3.24 Å². The van der Waals surface area contributed by atoms with Crippen molar-refractivity contribution in [2.24, 2.45) is 0 Å². The van der Waals surface area contributed by atoms with Gasteiger partial charge < -0.3 is 0 Å². The highest BCUT2D eigenvalue weighted by atomic mass is 15.1. The van der Waals surface area contributed by atoms with E-state index < -0.39 is 6.15 Å². The zero-order chi connectivity index (χ0) is 25.2. The van der Waals surface area contributed by atoms with E-state index in [9.17, 15) is 0 Å². The van der Waals surface area contributed by atoms with Crippen molar-refractivity contribution in [2.75, 3.05) is 6.54 Å². The summed E-state index contributed by atoms with van der Waals surface area (Å²) in [5, 5.41) is 0. The Morgan fingerprint density at radius 3 is 1.11 bits per heavy atom. The smallest absolute Gasteiger partial charge is 0.149 e. The van der Waals surface area contributed by atoms with Gasteiger partial charge in [-0.2, -0.15) is 16.4 Å². The molecule has 0 heterocycles. The molecule has 5 aromatic carbocycles. The standard InChI is InChI=1S/C35H31BN/c1-6-17-31(18-7-1)29-37(30-32-19-8-2-9-20-32)28-16-27-36(33-21-10-3-11-22-33,34-23-12-4-13-24-34)35-25-14-5-15-26-35/h1-15,17-26H,28-30H2/q-1. The second-order valence-corrected chi connectivity index (χ2v) is 9.54. The largest absolute Gasteiger partial charge is 0.296 e. The molecule has 0 saturated heterocycles. The summed E-state index contributed by atoms with van der Waals surface area (Å²) in [6.45, 7) is 2.39. The molecule has 5 rings (SSSR count). The quantitative estimate of drug-likeness (QED) is 0.214. The van der Waals surface area contributed by atoms with Gasteiger partial charge in [0.1, 0.15) is 6.15 Å². The second kappa shape index (κ2) is 12.1. The van der Waals surface area contributed by atoms with Crippen LogP contribution in [0.2, 0.25) is 0 Å². The molecule has 0 radical (unpaired) electrons. The second-order valence-electron chi connectivity index (χ2n) is 9.54. The highest BCUT2D eigenvalue weighted by Gasteiger charge is 2.27. The van der Waals surface area contributed by atoms with Crippen LogP contribution < -0.4 is 16.4 Å². The molecular formula is C35H31BN-. The lowest BCUT2D eigenvalue weighted by Gasteiger charge is -2.38. The van der Waals surface area contributed by atoms with Crippen LogP contribution in [0.5, 0.6) is 0 Å². The SMILES string of the molecule is C(#C[B-](c1ccccc1)(c1ccccc1)c1ccccc1)CN(Cc1ccccc1)Cc1ccccc1. The molecule has 0 fully saturated rings. The van der Waals surface area contributed by atoms with Crippen molar-refractivity contribution < 1.29 is 0 Å². The average Bonchev–Trinajstić information content (AvgIpc) is 2.98. The Balaban J connectivity index is 1.56. The van der Waals surface area contributed by atoms with Gasteiger partial charge in [0.15, 0.2) is 0 Å². The Kier molecular flexibility index (Phi) is 7.96. The Morgan fingerprint density at radius 1 is 0.432 bits per heavy atom. The van der Waals surface area contributed by atoms with Crippen molar-refractivity contribution in [1.29, 1.82) is 0 Å². The van der Waals surface area contributed by atoms with Gasteiger partial charge in [-0.15, -0.1) is 5.92 Å². The summed E-state index contributed by atoms with van der Waals surface area (Å²) in [5.41, 5.74) is 6.32. The molecule has 0 aliphatic heterocycles. The number of nitrogens with zero attached hydrogens (tertiary/aromatic N) is 1. The maximum absolute atomic E-state index is 3.86. The lowest BCUT2D eigenvalue weighted by molar-refractivity contribution is 0.290. The van der Waals surface area contributed by atoms with E-state index in [0.717, 1.165) is 13.1 Å². The molecule has 0 saturated carbocycles. The molecule has 0 aromatic heterocycles. The van der Waals surface area contributed by atoms with Crippen LogP contribution in [-0.2, 0) is 13.1 Å². The van der Waals surface area contributed by atoms with Gasteiger partial charge in [0, 0.05) is 13.1 Å². The first-order chi connectivity index (χ1) is 18.3. The van der Waals surface area contributed by atoms with E-state index in [1.165, 1.54) is 27.5 Å². The summed E-state index contributed by atoms with van der Waals surface area (Å²) in [7, 11) is 0. The monoisotopic (exact) mass is 476 g/mol. The molecule has 0 amide bonds. The minimum atomic E-state index is -1.46. The number of hydrogen-bond donors (Lipinski definition) is 0. The molecule has 2 heteroatoms. The Hall–Kier alpha value is -4.32. The molecule has 0 bridgehead atoms. The summed E-state index contributed by atoms with van der Waals surface area (Å²) in [6, 6.07) is 53.6. The van der Waals surface area contributed by atoms with Crippen molar-refractivity contribution in [1.82, 2.24) is 4.90 Å². The number of benzene rings is 5. The zero-order valence-electron chi connectivity index (χ0n) is 21.1. The summed E-state index contributed by atoms with van der Waals surface area (Å²) >= 11 is 0. The highest BCUT2D eigenvalue weighted by Crippen LogP contribution is 2.11. The van der Waals surface area contributed by atoms with Crippen LogP contribution in [0.15, 0.2) is 152 Å². The first kappa shape index (κ1) is 24.4. The molecule has 0 spiro atoms. The van der Waals surface area contributed by atoms with Crippen LogP contribution in [0.1, 0.15) is 11.1 Å². The molecular weight excluding hydrogens is 445 g/mol. The maximum Gasteiger partial charge on any atom is 0.149 e. The van der Waals surface area contributed by atoms with Crippen LogP contribution in [0.4, 0.5) is 0 Å². The van der Waals surface area contributed by atoms with Crippen molar-refractivity contribution >= 4 is 22.5 Å². The van der Waals surface area contributed by atoms with E-state index in [4.69, 9.17) is 0 Å². The lowest BCUT2D eigenvalue weighted by atomic mass is 9.16. The number of hydrogen-bond acceptors (Lipinski definition) is 1. The third kappa shape index (κ3) is 5.92. The summed E-state index contributed by atoms with van der Waals surface area (Å²) in [5.74, 6) is 7.52. The van der Waals surface area contributed by atoms with Crippen LogP contribution in [0.3, 0.4) is 0 Å². The maximum atomic E-state index is 3.86. The fourth-order valence-corrected chi connectivity index (χ4v) is 5.21. The highest BCUT2D eigenvalue weighted by molar-refractivity contribution is 7.16. The van der Waals surface area contributed by atoms with E-state index in [-0.39, 0.29) is 0 Å². The first-order valence-electron chi connectivity index (χ1n) is 13.0. The minimum Gasteiger partial charge on any atom is -0.296 e. The van der Waals surface area contributed by atoms with Crippen molar-refractivity contribution in [3.05, 3.63) is 163 Å². The minimum absolute atomic E-state index is 0.680. The predicted molar refractivity (Wildman–Crippen MR) is 159 cm³/mol. The lowest BCUT2D eigenvalue weighted by Crippen LogP contribution is -2.66. The fraction of sp³-hybridized carbons (Fsp3) is 0.0857. The Morgan fingerprint density at radius 2 is 0.757 bits per heavy atom. The van der Waals surface area contributed by atoms with E-state index in [2.05, 4.69) is 168 Å². The molecule has 0 aliphatic rings. The summed E-state index contributed by atoms with van der Waals surface area (Å²) < 4.78 is 0. The molecule has 1 nitrogen and oxygen atoms in total. The van der Waals surface area contributed by atoms with Gasteiger partial charge in [-0.25, -0.2) is 0 Å². The Bertz CT molecular complexity index is 1290. The van der Waals surface area contributed by atoms with Gasteiger partial charge >= 0.3 is 0 Å². The molecule has 0 atom stereocenters. The fourth-order valence-electron chi connectivity index (χ4n) is 5.21. The van der Waals surface area contributed by atoms with E-state index in [0.29, 0.717) is 6.54 Å². The molecule has 0 unspecified atom stereocenters. The van der Waals surface area contributed by atoms with Crippen molar-refractivity contribution in [3.63, 3.8) is 0 Å². The van der Waals surface area contributed by atoms with Crippen LogP contribution in [-0.4, -0.2) is 17.6 Å². The molecule has 37 heavy (non-hydrogen) atoms. The van der Waals surface area contributed by atoms with E-state index in [1.54, 1.807) is 0 Å². The molecule has 180 valence electrons. The molecule has 0 aliphatic carbocycles. The van der Waals surface area contributed by atoms with Crippen LogP contribution in [0, 0.1) is 11.7 Å². The van der Waals surface area contributed by atoms with E-state index in [1.807, 2.05) is 0 Å². The third-order valence-electron chi connectivity index (χ3n) is 7.02. The van der Waals surface area contributed by atoms with Gasteiger partial charge in [-0.3, -0.25) is 10.7 Å². The predicted octanol–water partition coefficient (Wildman–Crippen LogP) is 5.40. The molecule has 0 N–H and O–H groups in total. The summed E-state index contributed by atoms with van der Waals surface area (Å²) in [6.07, 6.45) is -1.46. The van der Waals surface area contributed by atoms with Gasteiger partial charge in [-0.05, 0) is 11.1 Å². The van der Waals surface area contributed by atoms with Crippen LogP contribution >= 0.6 is 0 Å². The molecule has 5 aromatic rings. The van der Waals surface area contributed by atoms with Gasteiger partial charge in [0.2, 0.25) is 0 Å². The van der Waals surface area contributed by atoms with Gasteiger partial charge in [0.25, 0.3) is 0 Å². The van der Waals surface area contributed by atoms with Gasteiger partial charge in [0.05, 0.1) is 6.54 Å². The number of rotatable bonds is 8. The van der Waals surface area contributed by atoms with Crippen molar-refractivity contribution in [3.8, 4) is 11.7 Å². The normalized spacial score (nSPS) is 11.1. The first-order valence-corrected chi connectivity index (χ1v) is 13.0. The van der Waals surface area contributed by atoms with Gasteiger partial charge in [-0.1, -0.05) is 152 Å². The third-order valence-corrected chi connectivity index (χ3v) is 7.02. The summed E-state index contributed by atoms with van der Waals surface area (Å²) in [4.78, 5) is 2.43. The van der Waals surface area contributed by atoms with Crippen LogP contribution in [0.25, 0.3) is 0 Å². The average molecular weight is 476 g/mol.